The van der Waals surface area contributed by atoms with Crippen LogP contribution in [-0.4, -0.2) is 44.4 Å². The summed E-state index contributed by atoms with van der Waals surface area (Å²) in [5.41, 5.74) is 2.36. The van der Waals surface area contributed by atoms with E-state index in [0.29, 0.717) is 22.2 Å². The molecule has 2 aromatic carbocycles. The number of para-hydroxylation sites is 1. The van der Waals surface area contributed by atoms with Gasteiger partial charge in [-0.3, -0.25) is 9.10 Å². The maximum atomic E-state index is 12.3. The zero-order chi connectivity index (χ0) is 22.4. The molecular formula is C21H24N4O4S2. The van der Waals surface area contributed by atoms with Crippen LogP contribution in [0.2, 0.25) is 0 Å². The number of methoxy groups -OCH3 is 1. The first-order valence-corrected chi connectivity index (χ1v) is 12.3. The summed E-state index contributed by atoms with van der Waals surface area (Å²) in [6.07, 6.45) is 1.70. The van der Waals surface area contributed by atoms with E-state index in [-0.39, 0.29) is 18.9 Å². The number of carbonyl (C=O) groups is 1. The summed E-state index contributed by atoms with van der Waals surface area (Å²) in [5.74, 6) is 0.506. The Balaban J connectivity index is 1.57. The van der Waals surface area contributed by atoms with Crippen molar-refractivity contribution in [1.82, 2.24) is 10.2 Å². The normalized spacial score (nSPS) is 11.2. The summed E-state index contributed by atoms with van der Waals surface area (Å²) >= 11 is 1.27. The lowest BCUT2D eigenvalue weighted by molar-refractivity contribution is -0.116. The van der Waals surface area contributed by atoms with Crippen LogP contribution in [0.4, 0.5) is 10.8 Å². The molecule has 0 bridgehead atoms. The van der Waals surface area contributed by atoms with Gasteiger partial charge in [0.15, 0.2) is 0 Å². The molecule has 0 aliphatic heterocycles. The van der Waals surface area contributed by atoms with Gasteiger partial charge in [0.25, 0.3) is 0 Å². The molecule has 0 atom stereocenters. The first kappa shape index (κ1) is 22.7. The van der Waals surface area contributed by atoms with Gasteiger partial charge in [0.1, 0.15) is 10.8 Å². The van der Waals surface area contributed by atoms with E-state index >= 15 is 0 Å². The molecule has 1 amide bonds. The molecule has 0 spiro atoms. The molecule has 1 aromatic heterocycles. The van der Waals surface area contributed by atoms with E-state index in [2.05, 4.69) is 15.5 Å². The summed E-state index contributed by atoms with van der Waals surface area (Å²) in [6, 6.07) is 14.7. The van der Waals surface area contributed by atoms with Crippen LogP contribution in [0.1, 0.15) is 18.4 Å². The number of carbonyl (C=O) groups excluding carboxylic acids is 1. The average molecular weight is 461 g/mol. The topological polar surface area (TPSA) is 101 Å². The lowest BCUT2D eigenvalue weighted by Gasteiger charge is -2.24. The zero-order valence-electron chi connectivity index (χ0n) is 17.5. The third-order valence-electron chi connectivity index (χ3n) is 4.56. The summed E-state index contributed by atoms with van der Waals surface area (Å²) in [5, 5.41) is 11.9. The minimum atomic E-state index is -3.46. The molecule has 0 unspecified atom stereocenters. The molecule has 31 heavy (non-hydrogen) atoms. The minimum Gasteiger partial charge on any atom is -0.497 e. The zero-order valence-corrected chi connectivity index (χ0v) is 19.2. The Labute approximate surface area is 185 Å². The average Bonchev–Trinajstić information content (AvgIpc) is 3.19. The minimum absolute atomic E-state index is 0.162. The van der Waals surface area contributed by atoms with Crippen molar-refractivity contribution in [2.45, 2.75) is 19.8 Å². The number of hydrogen-bond donors (Lipinski definition) is 1. The van der Waals surface area contributed by atoms with Crippen molar-refractivity contribution in [1.29, 1.82) is 0 Å². The van der Waals surface area contributed by atoms with Crippen LogP contribution in [0.25, 0.3) is 10.6 Å². The highest BCUT2D eigenvalue weighted by Gasteiger charge is 2.19. The molecule has 0 aliphatic rings. The quantitative estimate of drug-likeness (QED) is 0.522. The number of nitrogens with one attached hydrogen (secondary N) is 1. The molecule has 0 aliphatic carbocycles. The Hall–Kier alpha value is -2.98. The molecule has 0 saturated carbocycles. The van der Waals surface area contributed by atoms with Crippen LogP contribution < -0.4 is 14.4 Å². The van der Waals surface area contributed by atoms with Gasteiger partial charge in [0.05, 0.1) is 19.1 Å². The van der Waals surface area contributed by atoms with Crippen molar-refractivity contribution < 1.29 is 17.9 Å². The van der Waals surface area contributed by atoms with E-state index in [1.165, 1.54) is 21.9 Å². The monoisotopic (exact) mass is 460 g/mol. The van der Waals surface area contributed by atoms with Crippen LogP contribution >= 0.6 is 11.3 Å². The number of aromatic nitrogens is 2. The van der Waals surface area contributed by atoms with Crippen LogP contribution in [0.15, 0.2) is 48.5 Å². The van der Waals surface area contributed by atoms with Crippen LogP contribution in [0, 0.1) is 6.92 Å². The van der Waals surface area contributed by atoms with Gasteiger partial charge in [-0.25, -0.2) is 8.42 Å². The lowest BCUT2D eigenvalue weighted by atomic mass is 10.2. The second-order valence-corrected chi connectivity index (χ2v) is 9.80. The largest absolute Gasteiger partial charge is 0.497 e. The fourth-order valence-corrected chi connectivity index (χ4v) is 4.79. The Morgan fingerprint density at radius 2 is 1.84 bits per heavy atom. The lowest BCUT2D eigenvalue weighted by Crippen LogP contribution is -2.32. The standard InChI is InChI=1S/C21H24N4O4S2/c1-15-7-4-5-8-18(15)25(31(3,27)28)14-6-9-19(26)22-21-24-23-20(30-21)16-10-12-17(29-2)13-11-16/h4-5,7-8,10-13H,6,9,14H2,1-3H3,(H,22,24,26). The number of aryl methyl sites for hydroxylation is 1. The van der Waals surface area contributed by atoms with Crippen molar-refractivity contribution in [3.8, 4) is 16.3 Å². The highest BCUT2D eigenvalue weighted by Crippen LogP contribution is 2.28. The van der Waals surface area contributed by atoms with Crippen LogP contribution in [-0.2, 0) is 14.8 Å². The fraction of sp³-hybridized carbons (Fsp3) is 0.286. The Kier molecular flexibility index (Phi) is 7.24. The predicted octanol–water partition coefficient (Wildman–Crippen LogP) is 3.71. The number of nitrogens with zero attached hydrogens (tertiary/aromatic N) is 3. The number of ether oxygens (including phenoxy) is 1. The van der Waals surface area contributed by atoms with Crippen molar-refractivity contribution >= 4 is 38.1 Å². The molecule has 1 heterocycles. The van der Waals surface area contributed by atoms with E-state index < -0.39 is 10.0 Å². The highest BCUT2D eigenvalue weighted by molar-refractivity contribution is 7.92. The smallest absolute Gasteiger partial charge is 0.232 e. The van der Waals surface area contributed by atoms with Crippen molar-refractivity contribution in [3.63, 3.8) is 0 Å². The number of anilines is 2. The molecule has 3 aromatic rings. The van der Waals surface area contributed by atoms with E-state index in [1.807, 2.05) is 43.3 Å². The van der Waals surface area contributed by atoms with Crippen molar-refractivity contribution in [3.05, 3.63) is 54.1 Å². The number of sulfonamides is 1. The number of benzene rings is 2. The van der Waals surface area contributed by atoms with Crippen molar-refractivity contribution in [2.24, 2.45) is 0 Å². The molecule has 0 fully saturated rings. The van der Waals surface area contributed by atoms with Gasteiger partial charge >= 0.3 is 0 Å². The van der Waals surface area contributed by atoms with Gasteiger partial charge in [-0.2, -0.15) is 0 Å². The highest BCUT2D eigenvalue weighted by atomic mass is 32.2. The van der Waals surface area contributed by atoms with Crippen LogP contribution in [0.5, 0.6) is 5.75 Å². The first-order valence-electron chi connectivity index (χ1n) is 9.59. The summed E-state index contributed by atoms with van der Waals surface area (Å²) in [7, 11) is -1.86. The van der Waals surface area contributed by atoms with Gasteiger partial charge in [0.2, 0.25) is 21.1 Å². The molecule has 0 saturated heterocycles. The number of rotatable bonds is 9. The van der Waals surface area contributed by atoms with E-state index in [0.717, 1.165) is 16.9 Å². The van der Waals surface area contributed by atoms with E-state index in [9.17, 15) is 13.2 Å². The molecule has 10 heteroatoms. The maximum Gasteiger partial charge on any atom is 0.232 e. The first-order chi connectivity index (χ1) is 14.8. The van der Waals surface area contributed by atoms with Gasteiger partial charge < -0.3 is 10.1 Å². The number of amides is 1. The Morgan fingerprint density at radius 3 is 2.48 bits per heavy atom. The van der Waals surface area contributed by atoms with E-state index in [4.69, 9.17) is 4.74 Å². The van der Waals surface area contributed by atoms with Crippen molar-refractivity contribution in [2.75, 3.05) is 29.5 Å². The Morgan fingerprint density at radius 1 is 1.13 bits per heavy atom. The Bertz CT molecular complexity index is 1140. The summed E-state index contributed by atoms with van der Waals surface area (Å²) in [4.78, 5) is 12.3. The molecule has 1 N–H and O–H groups in total. The second kappa shape index (κ2) is 9.88. The molecule has 3 rings (SSSR count). The predicted molar refractivity (Wildman–Crippen MR) is 123 cm³/mol. The van der Waals surface area contributed by atoms with Gasteiger partial charge in [-0.1, -0.05) is 29.5 Å². The van der Waals surface area contributed by atoms with Gasteiger partial charge in [0, 0.05) is 18.5 Å². The second-order valence-electron chi connectivity index (χ2n) is 6.91. The SMILES string of the molecule is COc1ccc(-c2nnc(NC(=O)CCCN(c3ccccc3C)S(C)(=O)=O)s2)cc1. The summed E-state index contributed by atoms with van der Waals surface area (Å²) < 4.78 is 30.9. The van der Waals surface area contributed by atoms with Gasteiger partial charge in [-0.05, 0) is 49.2 Å². The number of hydrogen-bond acceptors (Lipinski definition) is 7. The maximum absolute atomic E-state index is 12.3. The third-order valence-corrected chi connectivity index (χ3v) is 6.63. The molecular weight excluding hydrogens is 436 g/mol. The third kappa shape index (κ3) is 6.02. The van der Waals surface area contributed by atoms with Gasteiger partial charge in [-0.15, -0.1) is 10.2 Å². The molecule has 8 nitrogen and oxygen atoms in total. The fourth-order valence-electron chi connectivity index (χ4n) is 3.00. The molecule has 0 radical (unpaired) electrons. The molecule has 164 valence electrons. The van der Waals surface area contributed by atoms with Crippen LogP contribution in [0.3, 0.4) is 0 Å². The summed E-state index contributed by atoms with van der Waals surface area (Å²) in [6.45, 7) is 2.07. The van der Waals surface area contributed by atoms with E-state index in [1.54, 1.807) is 19.2 Å².